The lowest BCUT2D eigenvalue weighted by atomic mass is 9.93. The van der Waals surface area contributed by atoms with Gasteiger partial charge in [0.1, 0.15) is 17.5 Å². The van der Waals surface area contributed by atoms with Gasteiger partial charge < -0.3 is 4.74 Å². The van der Waals surface area contributed by atoms with Crippen molar-refractivity contribution in [2.45, 2.75) is 13.5 Å². The van der Waals surface area contributed by atoms with Gasteiger partial charge >= 0.3 is 0 Å². The number of pyridine rings is 1. The molecule has 2 aromatic rings. The van der Waals surface area contributed by atoms with E-state index in [1.165, 1.54) is 0 Å². The van der Waals surface area contributed by atoms with Crippen LogP contribution in [0.25, 0.3) is 5.57 Å². The van der Waals surface area contributed by atoms with Crippen LogP contribution in [0.1, 0.15) is 23.7 Å². The second kappa shape index (κ2) is 4.99. The Bertz CT molecular complexity index is 759. The molecular formula is C16H11ClN2O. The van der Waals surface area contributed by atoms with Crippen molar-refractivity contribution in [1.82, 2.24) is 4.98 Å². The smallest absolute Gasteiger partial charge is 0.131 e. The van der Waals surface area contributed by atoms with E-state index >= 15 is 0 Å². The van der Waals surface area contributed by atoms with E-state index in [9.17, 15) is 5.26 Å². The zero-order chi connectivity index (χ0) is 14.1. The van der Waals surface area contributed by atoms with Gasteiger partial charge in [0.2, 0.25) is 0 Å². The molecule has 20 heavy (non-hydrogen) atoms. The van der Waals surface area contributed by atoms with Crippen LogP contribution in [0.15, 0.2) is 42.0 Å². The average Bonchev–Trinajstić information content (AvgIpc) is 2.63. The Morgan fingerprint density at radius 1 is 1.25 bits per heavy atom. The number of para-hydroxylation sites is 1. The van der Waals surface area contributed by atoms with Crippen molar-refractivity contribution in [1.29, 1.82) is 5.26 Å². The van der Waals surface area contributed by atoms with Crippen molar-refractivity contribution in [3.63, 3.8) is 0 Å². The number of rotatable bonds is 0. The third kappa shape index (κ3) is 2.04. The number of halogens is 1. The fraction of sp³-hybridized carbons (Fsp3) is 0.125. The van der Waals surface area contributed by atoms with Crippen molar-refractivity contribution >= 4 is 17.2 Å². The number of fused-ring (bicyclic) bond motifs is 2. The number of nitriles is 1. The molecule has 3 nitrogen and oxygen atoms in total. The van der Waals surface area contributed by atoms with Crippen LogP contribution in [0.2, 0.25) is 5.15 Å². The summed E-state index contributed by atoms with van der Waals surface area (Å²) in [5.74, 6) is 0.756. The summed E-state index contributed by atoms with van der Waals surface area (Å²) in [7, 11) is 0. The lowest BCUT2D eigenvalue weighted by Crippen LogP contribution is -1.99. The monoisotopic (exact) mass is 282 g/mol. The molecule has 0 saturated carbocycles. The van der Waals surface area contributed by atoms with E-state index in [1.54, 1.807) is 13.0 Å². The van der Waals surface area contributed by atoms with Crippen LogP contribution in [0.4, 0.5) is 0 Å². The molecule has 3 rings (SSSR count). The molecule has 0 unspecified atom stereocenters. The first-order valence-corrected chi connectivity index (χ1v) is 6.57. The summed E-state index contributed by atoms with van der Waals surface area (Å²) in [4.78, 5) is 4.32. The molecule has 0 amide bonds. The normalized spacial score (nSPS) is 15.2. The van der Waals surface area contributed by atoms with Crippen LogP contribution in [-0.4, -0.2) is 4.98 Å². The molecule has 4 heteroatoms. The number of allylic oxidation sites excluding steroid dienone is 1. The van der Waals surface area contributed by atoms with Gasteiger partial charge in [-0.25, -0.2) is 4.98 Å². The molecule has 1 aromatic heterocycles. The highest BCUT2D eigenvalue weighted by Crippen LogP contribution is 2.38. The van der Waals surface area contributed by atoms with Crippen LogP contribution < -0.4 is 4.74 Å². The number of benzene rings is 1. The summed E-state index contributed by atoms with van der Waals surface area (Å²) >= 11 is 5.95. The second-order valence-corrected chi connectivity index (χ2v) is 4.91. The number of nitrogens with zero attached hydrogens (tertiary/aromatic N) is 2. The van der Waals surface area contributed by atoms with Gasteiger partial charge in [0.05, 0.1) is 11.8 Å². The summed E-state index contributed by atoms with van der Waals surface area (Å²) in [6.45, 7) is 2.14. The minimum absolute atomic E-state index is 0.342. The topological polar surface area (TPSA) is 45.9 Å². The van der Waals surface area contributed by atoms with Gasteiger partial charge in [-0.2, -0.15) is 5.26 Å². The predicted octanol–water partition coefficient (Wildman–Crippen LogP) is 3.97. The molecule has 0 aliphatic carbocycles. The van der Waals surface area contributed by atoms with Crippen LogP contribution in [-0.2, 0) is 6.61 Å². The standard InChI is InChI=1S/C16H11ClN2O/c1-10(8-18)16-11-6-7-15(17)19-13(11)9-20-14-5-3-2-4-12(14)16/h2-7H,9H2,1H3. The van der Waals surface area contributed by atoms with Gasteiger partial charge in [-0.05, 0) is 25.1 Å². The Balaban J connectivity index is 2.35. The van der Waals surface area contributed by atoms with Crippen LogP contribution in [0, 0.1) is 11.3 Å². The third-order valence-electron chi connectivity index (χ3n) is 3.27. The number of ether oxygens (including phenoxy) is 1. The molecule has 0 fully saturated rings. The van der Waals surface area contributed by atoms with E-state index in [0.717, 1.165) is 28.1 Å². The van der Waals surface area contributed by atoms with Gasteiger partial charge in [0.15, 0.2) is 0 Å². The Morgan fingerprint density at radius 2 is 2.05 bits per heavy atom. The molecule has 98 valence electrons. The summed E-state index contributed by atoms with van der Waals surface area (Å²) in [6, 6.07) is 13.5. The minimum Gasteiger partial charge on any atom is -0.487 e. The largest absolute Gasteiger partial charge is 0.487 e. The van der Waals surface area contributed by atoms with E-state index in [1.807, 2.05) is 30.3 Å². The second-order valence-electron chi connectivity index (χ2n) is 4.52. The minimum atomic E-state index is 0.342. The van der Waals surface area contributed by atoms with Gasteiger partial charge in [0.25, 0.3) is 0 Å². The van der Waals surface area contributed by atoms with E-state index in [2.05, 4.69) is 11.1 Å². The molecule has 1 aliphatic heterocycles. The summed E-state index contributed by atoms with van der Waals surface area (Å²) < 4.78 is 5.79. The quantitative estimate of drug-likeness (QED) is 0.542. The molecule has 1 aromatic carbocycles. The fourth-order valence-electron chi connectivity index (χ4n) is 2.36. The van der Waals surface area contributed by atoms with Crippen LogP contribution >= 0.6 is 11.6 Å². The van der Waals surface area contributed by atoms with Crippen molar-refractivity contribution in [2.75, 3.05) is 0 Å². The summed E-state index contributed by atoms with van der Waals surface area (Å²) in [5, 5.41) is 9.71. The summed E-state index contributed by atoms with van der Waals surface area (Å²) in [5.41, 5.74) is 4.05. The van der Waals surface area contributed by atoms with Crippen molar-refractivity contribution in [3.05, 3.63) is 63.9 Å². The molecular weight excluding hydrogens is 272 g/mol. The van der Waals surface area contributed by atoms with E-state index in [-0.39, 0.29) is 0 Å². The van der Waals surface area contributed by atoms with Crippen LogP contribution in [0.5, 0.6) is 5.75 Å². The van der Waals surface area contributed by atoms with Gasteiger partial charge in [-0.15, -0.1) is 0 Å². The number of hydrogen-bond acceptors (Lipinski definition) is 3. The highest BCUT2D eigenvalue weighted by Gasteiger charge is 2.21. The SMILES string of the molecule is CC(C#N)=C1c2ccccc2OCc2nc(Cl)ccc21. The maximum Gasteiger partial charge on any atom is 0.131 e. The van der Waals surface area contributed by atoms with E-state index in [0.29, 0.717) is 17.3 Å². The third-order valence-corrected chi connectivity index (χ3v) is 3.48. The Labute approximate surface area is 122 Å². The first-order chi connectivity index (χ1) is 9.70. The molecule has 0 spiro atoms. The number of aromatic nitrogens is 1. The first-order valence-electron chi connectivity index (χ1n) is 6.19. The highest BCUT2D eigenvalue weighted by atomic mass is 35.5. The number of hydrogen-bond donors (Lipinski definition) is 0. The zero-order valence-electron chi connectivity index (χ0n) is 10.9. The highest BCUT2D eigenvalue weighted by molar-refractivity contribution is 6.29. The molecule has 0 radical (unpaired) electrons. The Kier molecular flexibility index (Phi) is 3.17. The zero-order valence-corrected chi connectivity index (χ0v) is 11.6. The molecule has 0 bridgehead atoms. The average molecular weight is 283 g/mol. The van der Waals surface area contributed by atoms with E-state index in [4.69, 9.17) is 16.3 Å². The lowest BCUT2D eigenvalue weighted by Gasteiger charge is -2.10. The molecule has 0 atom stereocenters. The van der Waals surface area contributed by atoms with E-state index < -0.39 is 0 Å². The van der Waals surface area contributed by atoms with Crippen molar-refractivity contribution < 1.29 is 4.74 Å². The van der Waals surface area contributed by atoms with Gasteiger partial charge in [0, 0.05) is 22.3 Å². The molecule has 2 heterocycles. The molecule has 1 aliphatic rings. The molecule has 0 saturated heterocycles. The van der Waals surface area contributed by atoms with Gasteiger partial charge in [-0.3, -0.25) is 0 Å². The fourth-order valence-corrected chi connectivity index (χ4v) is 2.53. The maximum absolute atomic E-state index is 9.29. The van der Waals surface area contributed by atoms with Crippen LogP contribution in [0.3, 0.4) is 0 Å². The molecule has 0 N–H and O–H groups in total. The van der Waals surface area contributed by atoms with Crippen molar-refractivity contribution in [2.24, 2.45) is 0 Å². The first kappa shape index (κ1) is 12.7. The lowest BCUT2D eigenvalue weighted by molar-refractivity contribution is 0.302. The predicted molar refractivity (Wildman–Crippen MR) is 77.3 cm³/mol. The maximum atomic E-state index is 9.29. The summed E-state index contributed by atoms with van der Waals surface area (Å²) in [6.07, 6.45) is 0. The van der Waals surface area contributed by atoms with Crippen molar-refractivity contribution in [3.8, 4) is 11.8 Å². The van der Waals surface area contributed by atoms with Gasteiger partial charge in [-0.1, -0.05) is 29.8 Å². The Hall–Kier alpha value is -2.31. The Morgan fingerprint density at radius 3 is 2.85 bits per heavy atom.